The molecule has 0 saturated heterocycles. The molecule has 0 saturated carbocycles. The number of rotatable bonds is 5. The van der Waals surface area contributed by atoms with E-state index in [1.54, 1.807) is 25.1 Å². The van der Waals surface area contributed by atoms with E-state index >= 15 is 0 Å². The van der Waals surface area contributed by atoms with Crippen LogP contribution in [-0.4, -0.2) is 54.2 Å². The number of hydrogen-bond donors (Lipinski definition) is 1. The summed E-state index contributed by atoms with van der Waals surface area (Å²) in [5.41, 5.74) is 1.38. The van der Waals surface area contributed by atoms with E-state index in [0.717, 1.165) is 16.7 Å². The molecule has 10 nitrogen and oxygen atoms in total. The zero-order chi connectivity index (χ0) is 26.2. The second-order valence-electron chi connectivity index (χ2n) is 7.70. The third-order valence-corrected chi connectivity index (χ3v) is 6.95. The van der Waals surface area contributed by atoms with Gasteiger partial charge in [-0.2, -0.15) is 9.39 Å². The van der Waals surface area contributed by atoms with Gasteiger partial charge in [-0.3, -0.25) is 10.2 Å². The summed E-state index contributed by atoms with van der Waals surface area (Å²) in [5.74, 6) is -1.62. The average Bonchev–Trinajstić information content (AvgIpc) is 3.23. The smallest absolute Gasteiger partial charge is 0.343 e. The number of esters is 1. The number of halogens is 1. The lowest BCUT2D eigenvalue weighted by atomic mass is 10.1. The largest absolute Gasteiger partial charge is 0.490 e. The monoisotopic (exact) mass is 546 g/mol. The maximum Gasteiger partial charge on any atom is 0.343 e. The number of hydrogen-bond acceptors (Lipinski definition) is 9. The van der Waals surface area contributed by atoms with Crippen LogP contribution in [0.4, 0.5) is 0 Å². The van der Waals surface area contributed by atoms with Crippen molar-refractivity contribution in [2.24, 2.45) is 9.39 Å². The summed E-state index contributed by atoms with van der Waals surface area (Å²) in [4.78, 5) is 30.2. The third-order valence-electron chi connectivity index (χ3n) is 4.92. The fraction of sp³-hybridized carbons (Fsp3) is 0.174. The molecule has 0 aliphatic carbocycles. The van der Waals surface area contributed by atoms with Gasteiger partial charge in [-0.1, -0.05) is 29.3 Å². The number of sulfone groups is 1. The predicted molar refractivity (Wildman–Crippen MR) is 139 cm³/mol. The molecule has 0 aromatic heterocycles. The lowest BCUT2D eigenvalue weighted by molar-refractivity contribution is -0.114. The molecule has 0 atom stereocenters. The second-order valence-corrected chi connectivity index (χ2v) is 10.7. The van der Waals surface area contributed by atoms with Crippen LogP contribution in [0.3, 0.4) is 0 Å². The Bertz CT molecular complexity index is 1510. The molecule has 2 aliphatic heterocycles. The highest BCUT2D eigenvalue weighted by molar-refractivity contribution is 8.16. The van der Waals surface area contributed by atoms with Crippen LogP contribution >= 0.6 is 23.5 Å². The molecule has 0 radical (unpaired) electrons. The molecule has 13 heteroatoms. The van der Waals surface area contributed by atoms with Crippen LogP contribution in [0.15, 0.2) is 51.4 Å². The summed E-state index contributed by atoms with van der Waals surface area (Å²) in [7, 11) is -3.78. The summed E-state index contributed by atoms with van der Waals surface area (Å²) in [5, 5.41) is 8.09. The van der Waals surface area contributed by atoms with Crippen LogP contribution in [0.5, 0.6) is 11.5 Å². The molecule has 0 spiro atoms. The first-order chi connectivity index (χ1) is 17.0. The van der Waals surface area contributed by atoms with Crippen molar-refractivity contribution in [1.29, 1.82) is 5.41 Å². The zero-order valence-corrected chi connectivity index (χ0v) is 21.6. The van der Waals surface area contributed by atoms with Crippen molar-refractivity contribution < 1.29 is 27.5 Å². The number of amidine groups is 3. The number of carbonyl (C=O) groups excluding carboxylic acids is 2. The molecule has 0 bridgehead atoms. The Morgan fingerprint density at radius 1 is 1.28 bits per heavy atom. The number of aliphatic imine (C=N–C) groups is 1. The van der Waals surface area contributed by atoms with E-state index in [0.29, 0.717) is 23.1 Å². The number of amides is 1. The SMILES string of the molecule is CCOc1cc(/C=C2/C(=N)N3C(=NC2=O)SN=C3S(C)(=O)=O)cc(Cl)c1OC(=O)c1cccc(C)c1. The third kappa shape index (κ3) is 5.06. The van der Waals surface area contributed by atoms with Gasteiger partial charge in [-0.05, 0) is 49.8 Å². The molecule has 2 aromatic rings. The molecule has 4 rings (SSSR count). The molecule has 1 N–H and O–H groups in total. The Morgan fingerprint density at radius 2 is 2.03 bits per heavy atom. The highest BCUT2D eigenvalue weighted by Crippen LogP contribution is 2.38. The van der Waals surface area contributed by atoms with E-state index in [2.05, 4.69) is 9.39 Å². The predicted octanol–water partition coefficient (Wildman–Crippen LogP) is 3.89. The molecule has 186 valence electrons. The van der Waals surface area contributed by atoms with Gasteiger partial charge in [0, 0.05) is 6.26 Å². The number of aryl methyl sites for hydroxylation is 1. The quantitative estimate of drug-likeness (QED) is 0.258. The van der Waals surface area contributed by atoms with Crippen molar-refractivity contribution in [3.8, 4) is 11.5 Å². The molecule has 0 fully saturated rings. The maximum absolute atomic E-state index is 12.7. The fourth-order valence-electron chi connectivity index (χ4n) is 3.36. The van der Waals surface area contributed by atoms with Gasteiger partial charge >= 0.3 is 5.97 Å². The highest BCUT2D eigenvalue weighted by Gasteiger charge is 2.41. The maximum atomic E-state index is 12.7. The van der Waals surface area contributed by atoms with Gasteiger partial charge in [0.1, 0.15) is 5.84 Å². The molecule has 2 heterocycles. The van der Waals surface area contributed by atoms with E-state index in [1.807, 2.05) is 13.0 Å². The van der Waals surface area contributed by atoms with Crippen LogP contribution in [-0.2, 0) is 14.6 Å². The van der Waals surface area contributed by atoms with E-state index in [-0.39, 0.29) is 39.0 Å². The van der Waals surface area contributed by atoms with Crippen molar-refractivity contribution in [2.45, 2.75) is 13.8 Å². The van der Waals surface area contributed by atoms with Crippen LogP contribution in [0.2, 0.25) is 5.02 Å². The standard InChI is InChI=1S/C23H19ClN4O6S2/c1-4-33-17-11-13(10-16(24)18(17)34-21(30)14-7-5-6-12(2)8-14)9-15-19(25)28-22(26-20(15)29)35-27-23(28)36(3,31)32/h5-11,25H,4H2,1-3H3/b15-9-,25-19?. The molecular formula is C23H19ClN4O6S2. The highest BCUT2D eigenvalue weighted by atomic mass is 35.5. The van der Waals surface area contributed by atoms with Gasteiger partial charge in [-0.15, -0.1) is 0 Å². The molecule has 36 heavy (non-hydrogen) atoms. The molecule has 2 aromatic carbocycles. The van der Waals surface area contributed by atoms with Crippen molar-refractivity contribution in [3.05, 3.63) is 63.7 Å². The lowest BCUT2D eigenvalue weighted by Gasteiger charge is -2.24. The Morgan fingerprint density at radius 3 is 2.69 bits per heavy atom. The summed E-state index contributed by atoms with van der Waals surface area (Å²) >= 11 is 7.13. The lowest BCUT2D eigenvalue weighted by Crippen LogP contribution is -2.45. The number of fused-ring (bicyclic) bond motifs is 1. The summed E-state index contributed by atoms with van der Waals surface area (Å²) < 4.78 is 39.1. The second kappa shape index (κ2) is 9.88. The van der Waals surface area contributed by atoms with Crippen LogP contribution in [0, 0.1) is 12.3 Å². The van der Waals surface area contributed by atoms with E-state index in [9.17, 15) is 18.0 Å². The van der Waals surface area contributed by atoms with Crippen molar-refractivity contribution in [1.82, 2.24) is 4.90 Å². The Balaban J connectivity index is 1.70. The summed E-state index contributed by atoms with van der Waals surface area (Å²) in [6.45, 7) is 3.81. The van der Waals surface area contributed by atoms with E-state index in [4.69, 9.17) is 26.5 Å². The van der Waals surface area contributed by atoms with Gasteiger partial charge in [0.25, 0.3) is 5.91 Å². The molecule has 0 unspecified atom stereocenters. The Kier molecular flexibility index (Phi) is 7.03. The summed E-state index contributed by atoms with van der Waals surface area (Å²) in [6.07, 6.45) is 2.28. The normalized spacial score (nSPS) is 16.6. The topological polar surface area (TPSA) is 139 Å². The first-order valence-electron chi connectivity index (χ1n) is 10.4. The zero-order valence-electron chi connectivity index (χ0n) is 19.2. The fourth-order valence-corrected chi connectivity index (χ4v) is 5.46. The van der Waals surface area contributed by atoms with Crippen molar-refractivity contribution in [2.75, 3.05) is 12.9 Å². The average molecular weight is 547 g/mol. The minimum atomic E-state index is -3.78. The van der Waals surface area contributed by atoms with Gasteiger partial charge < -0.3 is 9.47 Å². The Hall–Kier alpha value is -3.48. The minimum absolute atomic E-state index is 0.0000315. The molecular weight excluding hydrogens is 528 g/mol. The van der Waals surface area contributed by atoms with Gasteiger partial charge in [0.2, 0.25) is 20.2 Å². The van der Waals surface area contributed by atoms with Crippen LogP contribution in [0.25, 0.3) is 6.08 Å². The van der Waals surface area contributed by atoms with Gasteiger partial charge in [-0.25, -0.2) is 18.1 Å². The first kappa shape index (κ1) is 25.6. The number of carbonyl (C=O) groups is 2. The number of nitrogens with one attached hydrogen (secondary N) is 1. The Labute approximate surface area is 216 Å². The van der Waals surface area contributed by atoms with E-state index in [1.165, 1.54) is 18.2 Å². The van der Waals surface area contributed by atoms with Gasteiger partial charge in [0.05, 0.1) is 34.7 Å². The van der Waals surface area contributed by atoms with E-state index < -0.39 is 27.5 Å². The molecule has 2 aliphatic rings. The van der Waals surface area contributed by atoms with Crippen LogP contribution < -0.4 is 9.47 Å². The van der Waals surface area contributed by atoms with Crippen LogP contribution in [0.1, 0.15) is 28.4 Å². The minimum Gasteiger partial charge on any atom is -0.490 e. The van der Waals surface area contributed by atoms with Gasteiger partial charge in [0.15, 0.2) is 11.5 Å². The number of ether oxygens (including phenoxy) is 2. The van der Waals surface area contributed by atoms with Crippen molar-refractivity contribution >= 4 is 67.5 Å². The number of benzene rings is 2. The number of nitrogens with zero attached hydrogens (tertiary/aromatic N) is 3. The molecule has 1 amide bonds. The van der Waals surface area contributed by atoms with Crippen molar-refractivity contribution in [3.63, 3.8) is 0 Å². The first-order valence-corrected chi connectivity index (χ1v) is 13.5. The summed E-state index contributed by atoms with van der Waals surface area (Å²) in [6, 6.07) is 9.79.